The number of carbonyl (C=O) groups is 3. The lowest BCUT2D eigenvalue weighted by atomic mass is 9.99. The van der Waals surface area contributed by atoms with Crippen molar-refractivity contribution >= 4 is 17.5 Å². The third kappa shape index (κ3) is 43.1. The topological polar surface area (TPSA) is 171 Å². The lowest BCUT2D eigenvalue weighted by molar-refractivity contribution is -0.156. The zero-order valence-corrected chi connectivity index (χ0v) is 33.9. The van der Waals surface area contributed by atoms with E-state index in [-0.39, 0.29) is 29.9 Å². The fraction of sp³-hybridized carbons (Fsp3) is 0.921. The normalized spacial score (nSPS) is 12.3. The molecule has 0 heterocycles. The van der Waals surface area contributed by atoms with Crippen LogP contribution in [-0.2, 0) is 76.0 Å². The third-order valence-corrected chi connectivity index (χ3v) is 6.93. The van der Waals surface area contributed by atoms with Gasteiger partial charge in [0.2, 0.25) is 0 Å². The van der Waals surface area contributed by atoms with Crippen LogP contribution in [0.1, 0.15) is 60.3 Å². The van der Waals surface area contributed by atoms with Crippen LogP contribution in [0.15, 0.2) is 0 Å². The Morgan fingerprint density at radius 3 is 0.926 bits per heavy atom. The smallest absolute Gasteiger partial charge is 0.308 e. The number of rotatable bonds is 43. The summed E-state index contributed by atoms with van der Waals surface area (Å²) in [5.41, 5.74) is -0.479. The molecule has 0 rings (SSSR count). The monoisotopic (exact) mass is 784 g/mol. The summed E-state index contributed by atoms with van der Waals surface area (Å²) in [6.07, 6.45) is 1.62. The molecule has 0 radical (unpaired) electrons. The minimum Gasteiger partial charge on any atom is -0.460 e. The predicted molar refractivity (Wildman–Crippen MR) is 199 cm³/mol. The minimum atomic E-state index is -0.479. The van der Waals surface area contributed by atoms with Gasteiger partial charge in [0.15, 0.2) is 0 Å². The van der Waals surface area contributed by atoms with E-state index in [4.69, 9.17) is 61.6 Å². The van der Waals surface area contributed by atoms with E-state index >= 15 is 0 Å². The van der Waals surface area contributed by atoms with Crippen molar-refractivity contribution in [2.45, 2.75) is 65.9 Å². The Kier molecular flexibility index (Phi) is 38.3. The molecule has 320 valence electrons. The largest absolute Gasteiger partial charge is 0.460 e. The minimum absolute atomic E-state index is 0.0456. The first kappa shape index (κ1) is 52.3. The molecule has 0 aromatic heterocycles. The Morgan fingerprint density at radius 1 is 0.407 bits per heavy atom. The van der Waals surface area contributed by atoms with Crippen LogP contribution in [0, 0.1) is 5.92 Å². The van der Waals surface area contributed by atoms with Gasteiger partial charge in [0.05, 0.1) is 158 Å². The molecule has 0 bridgehead atoms. The van der Waals surface area contributed by atoms with Gasteiger partial charge in [-0.15, -0.1) is 0 Å². The van der Waals surface area contributed by atoms with Gasteiger partial charge in [-0.1, -0.05) is 6.92 Å². The van der Waals surface area contributed by atoms with Crippen molar-refractivity contribution in [3.05, 3.63) is 0 Å². The van der Waals surface area contributed by atoms with Crippen LogP contribution in [0.5, 0.6) is 0 Å². The first-order chi connectivity index (χ1) is 26.1. The lowest BCUT2D eigenvalue weighted by Crippen LogP contribution is -2.24. The quantitative estimate of drug-likeness (QED) is 0.0653. The third-order valence-electron chi connectivity index (χ3n) is 6.93. The molecule has 0 aliphatic rings. The molecule has 0 aliphatic carbocycles. The molecule has 0 aromatic rings. The number of ether oxygens (including phenoxy) is 13. The molecule has 0 fully saturated rings. The van der Waals surface area contributed by atoms with E-state index in [2.05, 4.69) is 0 Å². The fourth-order valence-corrected chi connectivity index (χ4v) is 4.03. The van der Waals surface area contributed by atoms with Crippen LogP contribution in [0.25, 0.3) is 0 Å². The number of Topliss-reactive ketones (excluding diaryl/α,β-unsaturated/α-hetero) is 2. The fourth-order valence-electron chi connectivity index (χ4n) is 4.03. The summed E-state index contributed by atoms with van der Waals surface area (Å²) in [5, 5.41) is 0. The molecular weight excluding hydrogens is 712 g/mol. The van der Waals surface area contributed by atoms with E-state index < -0.39 is 5.60 Å². The van der Waals surface area contributed by atoms with Gasteiger partial charge in [-0.25, -0.2) is 0 Å². The van der Waals surface area contributed by atoms with E-state index in [1.165, 1.54) is 6.92 Å². The van der Waals surface area contributed by atoms with Crippen LogP contribution in [-0.4, -0.2) is 182 Å². The molecular formula is C38H72O16. The molecule has 54 heavy (non-hydrogen) atoms. The van der Waals surface area contributed by atoms with Gasteiger partial charge in [-0.05, 0) is 34.1 Å². The predicted octanol–water partition coefficient (Wildman–Crippen LogP) is 2.88. The zero-order chi connectivity index (χ0) is 39.8. The van der Waals surface area contributed by atoms with Gasteiger partial charge in [-0.3, -0.25) is 14.4 Å². The molecule has 0 spiro atoms. The Bertz CT molecular complexity index is 854. The van der Waals surface area contributed by atoms with Gasteiger partial charge < -0.3 is 61.6 Å². The second-order valence-corrected chi connectivity index (χ2v) is 13.0. The summed E-state index contributed by atoms with van der Waals surface area (Å²) < 4.78 is 70.7. The summed E-state index contributed by atoms with van der Waals surface area (Å²) >= 11 is 0. The number of hydrogen-bond acceptors (Lipinski definition) is 16. The maximum absolute atomic E-state index is 11.8. The molecule has 0 N–H and O–H groups in total. The van der Waals surface area contributed by atoms with E-state index in [9.17, 15) is 14.4 Å². The zero-order valence-electron chi connectivity index (χ0n) is 33.9. The van der Waals surface area contributed by atoms with Gasteiger partial charge in [-0.2, -0.15) is 0 Å². The van der Waals surface area contributed by atoms with Gasteiger partial charge in [0.25, 0.3) is 0 Å². The molecule has 0 amide bonds. The summed E-state index contributed by atoms with van der Waals surface area (Å²) in [6.45, 7) is 20.0. The van der Waals surface area contributed by atoms with Crippen LogP contribution in [0.3, 0.4) is 0 Å². The first-order valence-corrected chi connectivity index (χ1v) is 19.3. The molecule has 1 atom stereocenters. The van der Waals surface area contributed by atoms with E-state index in [0.29, 0.717) is 178 Å². The number of esters is 1. The SMILES string of the molecule is CC(=O)[C@H](C)CC(=O)CCCOCCOCCOCCOCCOCCOCCOCCOCCOCCOCCOCCOCCC(=O)OC(C)(C)C. The van der Waals surface area contributed by atoms with Crippen molar-refractivity contribution in [3.8, 4) is 0 Å². The van der Waals surface area contributed by atoms with Crippen LogP contribution < -0.4 is 0 Å². The summed E-state index contributed by atoms with van der Waals surface area (Å²) in [6, 6.07) is 0. The van der Waals surface area contributed by atoms with Crippen LogP contribution in [0.4, 0.5) is 0 Å². The van der Waals surface area contributed by atoms with Gasteiger partial charge >= 0.3 is 5.97 Å². The molecule has 0 aliphatic heterocycles. The Balaban J connectivity index is 3.14. The second kappa shape index (κ2) is 39.6. The number of carbonyl (C=O) groups excluding carboxylic acids is 3. The average molecular weight is 785 g/mol. The maximum atomic E-state index is 11.8. The van der Waals surface area contributed by atoms with Gasteiger partial charge in [0, 0.05) is 25.4 Å². The molecule has 0 saturated carbocycles. The van der Waals surface area contributed by atoms with E-state index in [0.717, 1.165) is 0 Å². The van der Waals surface area contributed by atoms with Crippen LogP contribution >= 0.6 is 0 Å². The number of ketones is 2. The lowest BCUT2D eigenvalue weighted by Gasteiger charge is -2.19. The van der Waals surface area contributed by atoms with Crippen LogP contribution in [0.2, 0.25) is 0 Å². The highest BCUT2D eigenvalue weighted by Crippen LogP contribution is 2.08. The van der Waals surface area contributed by atoms with Crippen molar-refractivity contribution in [3.63, 3.8) is 0 Å². The Labute approximate surface area is 323 Å². The van der Waals surface area contributed by atoms with Crippen molar-refractivity contribution in [2.75, 3.05) is 159 Å². The van der Waals surface area contributed by atoms with Gasteiger partial charge in [0.1, 0.15) is 17.2 Å². The standard InChI is InChI=1S/C38H72O16/c1-34(35(2)39)33-36(40)7-6-9-42-11-13-44-15-17-46-19-21-48-23-25-50-27-29-52-31-32-53-30-28-51-26-24-49-22-20-47-18-16-45-14-12-43-10-8-37(41)54-38(3,4)5/h34H,6-33H2,1-5H3/t34-/m1/s1. The average Bonchev–Trinajstić information content (AvgIpc) is 3.11. The highest BCUT2D eigenvalue weighted by molar-refractivity contribution is 5.86. The van der Waals surface area contributed by atoms with Crippen molar-refractivity contribution in [1.29, 1.82) is 0 Å². The Morgan fingerprint density at radius 2 is 0.667 bits per heavy atom. The highest BCUT2D eigenvalue weighted by Gasteiger charge is 2.16. The molecule has 0 saturated heterocycles. The molecule has 16 nitrogen and oxygen atoms in total. The van der Waals surface area contributed by atoms with Crippen molar-refractivity contribution in [1.82, 2.24) is 0 Å². The Hall–Kier alpha value is -1.67. The number of hydrogen-bond donors (Lipinski definition) is 0. The van der Waals surface area contributed by atoms with Crippen molar-refractivity contribution < 1.29 is 76.0 Å². The highest BCUT2D eigenvalue weighted by atomic mass is 16.6. The summed E-state index contributed by atoms with van der Waals surface area (Å²) in [5.74, 6) is -0.329. The summed E-state index contributed by atoms with van der Waals surface area (Å²) in [7, 11) is 0. The van der Waals surface area contributed by atoms with E-state index in [1.807, 2.05) is 20.8 Å². The summed E-state index contributed by atoms with van der Waals surface area (Å²) in [4.78, 5) is 34.6. The second-order valence-electron chi connectivity index (χ2n) is 13.0. The molecule has 0 aromatic carbocycles. The maximum Gasteiger partial charge on any atom is 0.308 e. The molecule has 0 unspecified atom stereocenters. The molecule has 16 heteroatoms. The van der Waals surface area contributed by atoms with E-state index in [1.54, 1.807) is 6.92 Å². The van der Waals surface area contributed by atoms with Crippen molar-refractivity contribution in [2.24, 2.45) is 5.92 Å². The first-order valence-electron chi connectivity index (χ1n) is 19.3.